The van der Waals surface area contributed by atoms with Gasteiger partial charge in [-0.05, 0) is 30.3 Å². The maximum absolute atomic E-state index is 9.29. The molecule has 118 valence electrons. The molecule has 0 fully saturated rings. The van der Waals surface area contributed by atoms with Crippen molar-refractivity contribution in [3.05, 3.63) is 30.0 Å². The van der Waals surface area contributed by atoms with E-state index in [4.69, 9.17) is 9.16 Å². The summed E-state index contributed by atoms with van der Waals surface area (Å²) >= 11 is 0. The molecule has 0 amide bonds. The Labute approximate surface area is 132 Å². The summed E-state index contributed by atoms with van der Waals surface area (Å²) in [7, 11) is -1.77. The van der Waals surface area contributed by atoms with Crippen molar-refractivity contribution in [2.45, 2.75) is 38.9 Å². The van der Waals surface area contributed by atoms with Crippen LogP contribution in [0.1, 0.15) is 26.3 Å². The maximum atomic E-state index is 9.29. The second-order valence-corrected chi connectivity index (χ2v) is 11.6. The van der Waals surface area contributed by atoms with Crippen LogP contribution in [-0.2, 0) is 4.43 Å². The van der Waals surface area contributed by atoms with Crippen molar-refractivity contribution >= 4 is 13.8 Å². The van der Waals surface area contributed by atoms with Crippen molar-refractivity contribution in [3.63, 3.8) is 0 Å². The number of ether oxygens (including phenoxy) is 1. The molecule has 0 aromatic carbocycles. The van der Waals surface area contributed by atoms with Crippen LogP contribution in [0.3, 0.4) is 0 Å². The number of nitrogens with zero attached hydrogens (tertiary/aromatic N) is 3. The number of pyridine rings is 1. The van der Waals surface area contributed by atoms with Gasteiger partial charge in [0.1, 0.15) is 18.2 Å². The number of hydrogen-bond acceptors (Lipinski definition) is 4. The second kappa shape index (κ2) is 6.11. The van der Waals surface area contributed by atoms with E-state index in [1.165, 1.54) is 0 Å². The lowest BCUT2D eigenvalue weighted by Crippen LogP contribution is -2.41. The quantitative estimate of drug-likeness (QED) is 0.624. The highest BCUT2D eigenvalue weighted by Gasteiger charge is 2.36. The van der Waals surface area contributed by atoms with Crippen LogP contribution in [0.15, 0.2) is 24.4 Å². The van der Waals surface area contributed by atoms with Crippen LogP contribution in [0.4, 0.5) is 0 Å². The third kappa shape index (κ3) is 3.31. The Morgan fingerprint density at radius 3 is 2.64 bits per heavy atom. The molecule has 0 aliphatic carbocycles. The van der Waals surface area contributed by atoms with E-state index in [9.17, 15) is 5.26 Å². The molecule has 0 bridgehead atoms. The van der Waals surface area contributed by atoms with E-state index >= 15 is 0 Å². The van der Waals surface area contributed by atoms with Crippen molar-refractivity contribution in [2.24, 2.45) is 0 Å². The molecule has 0 aliphatic rings. The van der Waals surface area contributed by atoms with Gasteiger partial charge in [-0.1, -0.05) is 26.8 Å². The van der Waals surface area contributed by atoms with Crippen molar-refractivity contribution < 1.29 is 9.16 Å². The van der Waals surface area contributed by atoms with Crippen LogP contribution < -0.4 is 4.74 Å². The fourth-order valence-corrected chi connectivity index (χ4v) is 2.86. The molecule has 5 nitrogen and oxygen atoms in total. The van der Waals surface area contributed by atoms with Gasteiger partial charge in [0.2, 0.25) is 0 Å². The molecule has 0 N–H and O–H groups in total. The van der Waals surface area contributed by atoms with E-state index in [1.807, 2.05) is 18.2 Å². The Morgan fingerprint density at radius 1 is 1.27 bits per heavy atom. The number of fused-ring (bicyclic) bond motifs is 1. The minimum absolute atomic E-state index is 0.175. The Hall–Kier alpha value is -1.84. The summed E-state index contributed by atoms with van der Waals surface area (Å²) in [4.78, 5) is 0. The first-order valence-electron chi connectivity index (χ1n) is 7.40. The van der Waals surface area contributed by atoms with Gasteiger partial charge in [-0.25, -0.2) is 4.52 Å². The van der Waals surface area contributed by atoms with E-state index in [-0.39, 0.29) is 5.04 Å². The molecule has 0 radical (unpaired) electrons. The minimum atomic E-state index is -1.77. The summed E-state index contributed by atoms with van der Waals surface area (Å²) in [5.74, 6) is 0.368. The number of rotatable bonds is 5. The molecule has 2 heterocycles. The summed E-state index contributed by atoms with van der Waals surface area (Å²) in [6, 6.07) is 7.75. The van der Waals surface area contributed by atoms with Gasteiger partial charge >= 0.3 is 0 Å². The highest BCUT2D eigenvalue weighted by Crippen LogP contribution is 2.36. The molecular formula is C16H23N3O2Si. The summed E-state index contributed by atoms with van der Waals surface area (Å²) in [5, 5.41) is 13.8. The number of aromatic nitrogens is 2. The lowest BCUT2D eigenvalue weighted by Gasteiger charge is -2.36. The van der Waals surface area contributed by atoms with Gasteiger partial charge in [0, 0.05) is 6.20 Å². The highest BCUT2D eigenvalue weighted by atomic mass is 28.4. The normalized spacial score (nSPS) is 12.4. The SMILES string of the molecule is CC(C)(C)[Si](C)(C)OCCOc1nn2ccccc2c1C#N. The highest BCUT2D eigenvalue weighted by molar-refractivity contribution is 6.74. The molecule has 0 unspecified atom stereocenters. The Morgan fingerprint density at radius 2 is 2.00 bits per heavy atom. The Balaban J connectivity index is 2.00. The monoisotopic (exact) mass is 317 g/mol. The van der Waals surface area contributed by atoms with Gasteiger partial charge in [-0.2, -0.15) is 5.26 Å². The predicted molar refractivity (Wildman–Crippen MR) is 88.6 cm³/mol. The summed E-state index contributed by atoms with van der Waals surface area (Å²) in [6.45, 7) is 11.9. The minimum Gasteiger partial charge on any atom is -0.473 e. The molecule has 0 aliphatic heterocycles. The fraction of sp³-hybridized carbons (Fsp3) is 0.500. The van der Waals surface area contributed by atoms with Gasteiger partial charge in [-0.3, -0.25) is 0 Å². The first kappa shape index (κ1) is 16.5. The van der Waals surface area contributed by atoms with Gasteiger partial charge in [0.15, 0.2) is 8.32 Å². The van der Waals surface area contributed by atoms with Crippen LogP contribution in [0.5, 0.6) is 5.88 Å². The van der Waals surface area contributed by atoms with Gasteiger partial charge in [0.05, 0.1) is 12.1 Å². The lowest BCUT2D eigenvalue weighted by atomic mass is 10.2. The molecule has 0 saturated carbocycles. The summed E-state index contributed by atoms with van der Waals surface area (Å²) in [5.41, 5.74) is 1.22. The predicted octanol–water partition coefficient (Wildman–Crippen LogP) is 3.61. The average molecular weight is 317 g/mol. The van der Waals surface area contributed by atoms with E-state index in [0.717, 1.165) is 5.52 Å². The van der Waals surface area contributed by atoms with Crippen LogP contribution in [0.2, 0.25) is 18.1 Å². The molecule has 2 rings (SSSR count). The Kier molecular flexibility index (Phi) is 4.59. The van der Waals surface area contributed by atoms with E-state index < -0.39 is 8.32 Å². The number of nitriles is 1. The van der Waals surface area contributed by atoms with Crippen LogP contribution in [0, 0.1) is 11.3 Å². The van der Waals surface area contributed by atoms with Crippen LogP contribution in [-0.4, -0.2) is 31.1 Å². The fourth-order valence-electron chi connectivity index (χ4n) is 1.83. The van der Waals surface area contributed by atoms with Crippen molar-refractivity contribution in [3.8, 4) is 11.9 Å². The molecule has 0 spiro atoms. The Bertz CT molecular complexity index is 695. The zero-order valence-electron chi connectivity index (χ0n) is 13.9. The zero-order valence-corrected chi connectivity index (χ0v) is 14.9. The second-order valence-electron chi connectivity index (χ2n) is 6.78. The molecule has 2 aromatic heterocycles. The summed E-state index contributed by atoms with van der Waals surface area (Å²) in [6.07, 6.45) is 1.80. The zero-order chi connectivity index (χ0) is 16.4. The van der Waals surface area contributed by atoms with Gasteiger partial charge < -0.3 is 9.16 Å². The first-order valence-corrected chi connectivity index (χ1v) is 10.3. The molecule has 0 saturated heterocycles. The molecule has 0 atom stereocenters. The third-order valence-electron chi connectivity index (χ3n) is 4.21. The molecule has 22 heavy (non-hydrogen) atoms. The average Bonchev–Trinajstić information content (AvgIpc) is 2.79. The van der Waals surface area contributed by atoms with Crippen LogP contribution in [0.25, 0.3) is 5.52 Å². The third-order valence-corrected chi connectivity index (χ3v) is 8.75. The molecule has 2 aromatic rings. The van der Waals surface area contributed by atoms with E-state index in [2.05, 4.69) is 45.0 Å². The molecule has 6 heteroatoms. The van der Waals surface area contributed by atoms with E-state index in [1.54, 1.807) is 10.7 Å². The largest absolute Gasteiger partial charge is 0.473 e. The van der Waals surface area contributed by atoms with Crippen LogP contribution >= 0.6 is 0 Å². The lowest BCUT2D eigenvalue weighted by molar-refractivity contribution is 0.198. The van der Waals surface area contributed by atoms with Gasteiger partial charge in [0.25, 0.3) is 5.88 Å². The van der Waals surface area contributed by atoms with Crippen molar-refractivity contribution in [1.82, 2.24) is 9.61 Å². The summed E-state index contributed by atoms with van der Waals surface area (Å²) < 4.78 is 13.4. The number of hydrogen-bond donors (Lipinski definition) is 0. The standard InChI is InChI=1S/C16H23N3O2Si/c1-16(2,3)22(4,5)21-11-10-20-15-13(12-17)14-8-6-7-9-19(14)18-15/h6-9H,10-11H2,1-5H3. The smallest absolute Gasteiger partial charge is 0.252 e. The maximum Gasteiger partial charge on any atom is 0.252 e. The topological polar surface area (TPSA) is 59.6 Å². The first-order chi connectivity index (χ1) is 10.3. The van der Waals surface area contributed by atoms with Crippen molar-refractivity contribution in [1.29, 1.82) is 5.26 Å². The molecular weight excluding hydrogens is 294 g/mol. The van der Waals surface area contributed by atoms with Crippen molar-refractivity contribution in [2.75, 3.05) is 13.2 Å². The van der Waals surface area contributed by atoms with E-state index in [0.29, 0.717) is 24.7 Å². The van der Waals surface area contributed by atoms with Gasteiger partial charge in [-0.15, -0.1) is 5.10 Å².